The summed E-state index contributed by atoms with van der Waals surface area (Å²) in [6, 6.07) is 0. The van der Waals surface area contributed by atoms with Gasteiger partial charge >= 0.3 is 0 Å². The van der Waals surface area contributed by atoms with Crippen LogP contribution in [0.2, 0.25) is 0 Å². The van der Waals surface area contributed by atoms with E-state index in [1.165, 1.54) is 64.2 Å². The number of carbonyl (C=O) groups excluding carboxylic acids is 1. The van der Waals surface area contributed by atoms with Gasteiger partial charge in [0.25, 0.3) is 5.97 Å². The molecule has 0 radical (unpaired) electrons. The third kappa shape index (κ3) is 8.78. The Labute approximate surface area is 129 Å². The van der Waals surface area contributed by atoms with Crippen molar-refractivity contribution >= 4 is 16.5 Å². The number of hydrogen-bond donors (Lipinski definition) is 0. The standard InChI is InChI=1S/C17H36O2Si/c1-4-7-8-9-10-11-14-17(5-2,6-3)15-12-13-16(18)19-20/h4-15H2,1-3,20H3. The molecule has 0 saturated heterocycles. The van der Waals surface area contributed by atoms with Crippen LogP contribution in [0.25, 0.3) is 0 Å². The van der Waals surface area contributed by atoms with E-state index < -0.39 is 0 Å². The van der Waals surface area contributed by atoms with Crippen LogP contribution in [0.5, 0.6) is 0 Å². The molecule has 0 aromatic carbocycles. The van der Waals surface area contributed by atoms with E-state index in [1.54, 1.807) is 0 Å². The number of carbonyl (C=O) groups is 1. The second-order valence-electron chi connectivity index (χ2n) is 6.15. The fraction of sp³-hybridized carbons (Fsp3) is 0.941. The second kappa shape index (κ2) is 12.4. The minimum Gasteiger partial charge on any atom is -0.529 e. The van der Waals surface area contributed by atoms with E-state index in [4.69, 9.17) is 4.43 Å². The van der Waals surface area contributed by atoms with E-state index in [2.05, 4.69) is 20.8 Å². The maximum absolute atomic E-state index is 11.2. The van der Waals surface area contributed by atoms with E-state index in [-0.39, 0.29) is 5.97 Å². The highest BCUT2D eigenvalue weighted by Crippen LogP contribution is 2.38. The third-order valence-corrected chi connectivity index (χ3v) is 5.33. The van der Waals surface area contributed by atoms with Crippen molar-refractivity contribution in [2.75, 3.05) is 0 Å². The first-order chi connectivity index (χ1) is 9.64. The van der Waals surface area contributed by atoms with Crippen molar-refractivity contribution in [1.29, 1.82) is 0 Å². The predicted molar refractivity (Wildman–Crippen MR) is 90.9 cm³/mol. The van der Waals surface area contributed by atoms with Gasteiger partial charge in [0.05, 0.1) is 0 Å². The summed E-state index contributed by atoms with van der Waals surface area (Å²) in [4.78, 5) is 11.2. The van der Waals surface area contributed by atoms with Crippen LogP contribution in [0.3, 0.4) is 0 Å². The second-order valence-corrected chi connectivity index (χ2v) is 6.56. The van der Waals surface area contributed by atoms with Crippen LogP contribution in [0.15, 0.2) is 0 Å². The molecule has 0 atom stereocenters. The summed E-state index contributed by atoms with van der Waals surface area (Å²) in [7, 11) is 0.534. The van der Waals surface area contributed by atoms with E-state index in [0.717, 1.165) is 6.42 Å². The molecule has 0 aliphatic heterocycles. The fourth-order valence-electron chi connectivity index (χ4n) is 3.07. The molecule has 0 aromatic heterocycles. The Morgan fingerprint density at radius 2 is 1.45 bits per heavy atom. The van der Waals surface area contributed by atoms with Crippen molar-refractivity contribution in [1.82, 2.24) is 0 Å². The van der Waals surface area contributed by atoms with Crippen molar-refractivity contribution in [3.05, 3.63) is 0 Å². The summed E-state index contributed by atoms with van der Waals surface area (Å²) in [5, 5.41) is 0. The minimum absolute atomic E-state index is 0.00246. The topological polar surface area (TPSA) is 26.3 Å². The van der Waals surface area contributed by atoms with E-state index in [1.807, 2.05) is 0 Å². The summed E-state index contributed by atoms with van der Waals surface area (Å²) in [5.41, 5.74) is 0.468. The lowest BCUT2D eigenvalue weighted by atomic mass is 9.74. The van der Waals surface area contributed by atoms with Crippen LogP contribution in [0.4, 0.5) is 0 Å². The van der Waals surface area contributed by atoms with Crippen molar-refractivity contribution in [2.45, 2.75) is 97.8 Å². The van der Waals surface area contributed by atoms with Gasteiger partial charge < -0.3 is 4.43 Å². The molecule has 0 N–H and O–H groups in total. The Morgan fingerprint density at radius 1 is 0.900 bits per heavy atom. The first kappa shape index (κ1) is 19.7. The van der Waals surface area contributed by atoms with E-state index >= 15 is 0 Å². The minimum atomic E-state index is -0.00246. The average molecular weight is 301 g/mol. The molecule has 0 aliphatic carbocycles. The Morgan fingerprint density at radius 3 is 2.00 bits per heavy atom. The van der Waals surface area contributed by atoms with Crippen molar-refractivity contribution in [2.24, 2.45) is 5.41 Å². The highest BCUT2D eigenvalue weighted by atomic mass is 28.2. The summed E-state index contributed by atoms with van der Waals surface area (Å²) in [5.74, 6) is -0.00246. The first-order valence-electron chi connectivity index (χ1n) is 8.71. The molecule has 0 fully saturated rings. The Balaban J connectivity index is 3.95. The van der Waals surface area contributed by atoms with Gasteiger partial charge in [-0.05, 0) is 24.7 Å². The molecule has 0 unspecified atom stereocenters. The number of hydrogen-bond acceptors (Lipinski definition) is 2. The van der Waals surface area contributed by atoms with Gasteiger partial charge in [-0.15, -0.1) is 0 Å². The Bertz CT molecular complexity index is 237. The highest BCUT2D eigenvalue weighted by molar-refractivity contribution is 6.05. The molecule has 20 heavy (non-hydrogen) atoms. The van der Waals surface area contributed by atoms with Crippen LogP contribution >= 0.6 is 0 Å². The summed E-state index contributed by atoms with van der Waals surface area (Å²) < 4.78 is 4.87. The quantitative estimate of drug-likeness (QED) is 0.369. The van der Waals surface area contributed by atoms with Crippen LogP contribution < -0.4 is 0 Å². The zero-order valence-corrected chi connectivity index (χ0v) is 16.3. The highest BCUT2D eigenvalue weighted by Gasteiger charge is 2.25. The van der Waals surface area contributed by atoms with Gasteiger partial charge in [0.15, 0.2) is 0 Å². The monoisotopic (exact) mass is 300 g/mol. The first-order valence-corrected chi connectivity index (χ1v) is 9.52. The van der Waals surface area contributed by atoms with E-state index in [0.29, 0.717) is 22.3 Å². The predicted octanol–water partition coefficient (Wildman–Crippen LogP) is 4.54. The Kier molecular flexibility index (Phi) is 12.2. The third-order valence-electron chi connectivity index (χ3n) is 4.88. The van der Waals surface area contributed by atoms with Gasteiger partial charge in [-0.2, -0.15) is 0 Å². The van der Waals surface area contributed by atoms with Crippen LogP contribution in [0.1, 0.15) is 97.8 Å². The molecular formula is C17H36O2Si. The maximum atomic E-state index is 11.2. The largest absolute Gasteiger partial charge is 0.529 e. The summed E-state index contributed by atoms with van der Waals surface area (Å²) in [6.45, 7) is 6.89. The molecule has 2 nitrogen and oxygen atoms in total. The average Bonchev–Trinajstić information content (AvgIpc) is 2.48. The SMILES string of the molecule is CCCCCCCCC(CC)(CC)CCCC(=O)O[SiH3]. The molecule has 0 aliphatic rings. The van der Waals surface area contributed by atoms with Gasteiger partial charge in [0, 0.05) is 6.42 Å². The summed E-state index contributed by atoms with van der Waals surface area (Å²) in [6.07, 6.45) is 14.9. The molecule has 0 rings (SSSR count). The lowest BCUT2D eigenvalue weighted by molar-refractivity contribution is -0.134. The molecule has 0 aromatic rings. The molecular weight excluding hydrogens is 264 g/mol. The molecule has 0 bridgehead atoms. The normalized spacial score (nSPS) is 11.8. The molecule has 120 valence electrons. The molecule has 0 spiro atoms. The van der Waals surface area contributed by atoms with Crippen LogP contribution in [-0.2, 0) is 9.22 Å². The van der Waals surface area contributed by atoms with Gasteiger partial charge in [-0.1, -0.05) is 72.1 Å². The molecule has 0 heterocycles. The van der Waals surface area contributed by atoms with Crippen molar-refractivity contribution in [3.8, 4) is 0 Å². The smallest absolute Gasteiger partial charge is 0.291 e. The van der Waals surface area contributed by atoms with Gasteiger partial charge in [0.1, 0.15) is 0 Å². The van der Waals surface area contributed by atoms with Crippen molar-refractivity contribution in [3.63, 3.8) is 0 Å². The Hall–Kier alpha value is -0.313. The number of unbranched alkanes of at least 4 members (excludes halogenated alkanes) is 5. The van der Waals surface area contributed by atoms with E-state index in [9.17, 15) is 4.79 Å². The van der Waals surface area contributed by atoms with Crippen LogP contribution in [-0.4, -0.2) is 16.5 Å². The van der Waals surface area contributed by atoms with Gasteiger partial charge in [-0.25, -0.2) is 0 Å². The lowest BCUT2D eigenvalue weighted by Crippen LogP contribution is -2.19. The molecule has 0 amide bonds. The molecule has 3 heteroatoms. The van der Waals surface area contributed by atoms with Crippen molar-refractivity contribution < 1.29 is 9.22 Å². The lowest BCUT2D eigenvalue weighted by Gasteiger charge is -2.32. The van der Waals surface area contributed by atoms with Gasteiger partial charge in [0.2, 0.25) is 10.5 Å². The zero-order valence-electron chi connectivity index (χ0n) is 14.3. The fourth-order valence-corrected chi connectivity index (χ4v) is 3.28. The number of rotatable bonds is 13. The van der Waals surface area contributed by atoms with Gasteiger partial charge in [-0.3, -0.25) is 4.79 Å². The molecule has 0 saturated carbocycles. The zero-order chi connectivity index (χ0) is 15.3. The maximum Gasteiger partial charge on any atom is 0.291 e. The summed E-state index contributed by atoms with van der Waals surface area (Å²) >= 11 is 0. The van der Waals surface area contributed by atoms with Crippen LogP contribution in [0, 0.1) is 5.41 Å².